The van der Waals surface area contributed by atoms with Gasteiger partial charge >= 0.3 is 0 Å². The molecule has 0 saturated carbocycles. The molecule has 0 radical (unpaired) electrons. The molecule has 0 saturated heterocycles. The molecular formula is C16H22N2O. The van der Waals surface area contributed by atoms with Crippen molar-refractivity contribution in [3.8, 4) is 5.75 Å². The zero-order valence-corrected chi connectivity index (χ0v) is 11.8. The molecule has 102 valence electrons. The van der Waals surface area contributed by atoms with Crippen LogP contribution in [0.3, 0.4) is 0 Å². The van der Waals surface area contributed by atoms with E-state index >= 15 is 0 Å². The van der Waals surface area contributed by atoms with Crippen LogP contribution in [0, 0.1) is 0 Å². The quantitative estimate of drug-likeness (QED) is 0.771. The van der Waals surface area contributed by atoms with Crippen LogP contribution in [-0.2, 0) is 6.54 Å². The summed E-state index contributed by atoms with van der Waals surface area (Å²) >= 11 is 0. The number of methoxy groups -OCH3 is 1. The minimum atomic E-state index is 0.817. The van der Waals surface area contributed by atoms with Crippen LogP contribution in [0.1, 0.15) is 31.9 Å². The predicted octanol–water partition coefficient (Wildman–Crippen LogP) is 3.52. The first kappa shape index (κ1) is 13.8. The summed E-state index contributed by atoms with van der Waals surface area (Å²) in [4.78, 5) is 4.68. The first-order valence-corrected chi connectivity index (χ1v) is 6.98. The lowest BCUT2D eigenvalue weighted by Gasteiger charge is -2.08. The van der Waals surface area contributed by atoms with E-state index in [-0.39, 0.29) is 0 Å². The summed E-state index contributed by atoms with van der Waals surface area (Å²) in [5.41, 5.74) is 2.01. The van der Waals surface area contributed by atoms with E-state index in [1.165, 1.54) is 19.3 Å². The normalized spacial score (nSPS) is 10.8. The molecule has 1 aromatic carbocycles. The van der Waals surface area contributed by atoms with Crippen LogP contribution in [0.2, 0.25) is 0 Å². The van der Waals surface area contributed by atoms with Crippen LogP contribution in [0.25, 0.3) is 10.9 Å². The van der Waals surface area contributed by atoms with E-state index in [0.717, 1.165) is 35.4 Å². The van der Waals surface area contributed by atoms with E-state index in [9.17, 15) is 0 Å². The number of pyridine rings is 1. The van der Waals surface area contributed by atoms with Crippen molar-refractivity contribution in [1.29, 1.82) is 0 Å². The molecule has 0 aliphatic carbocycles. The molecule has 0 amide bonds. The smallest absolute Gasteiger partial charge is 0.145 e. The Kier molecular flexibility index (Phi) is 5.16. The Bertz CT molecular complexity index is 525. The molecule has 19 heavy (non-hydrogen) atoms. The van der Waals surface area contributed by atoms with Gasteiger partial charge in [0.05, 0.1) is 12.8 Å². The van der Waals surface area contributed by atoms with E-state index in [1.54, 1.807) is 7.11 Å². The Morgan fingerprint density at radius 3 is 2.84 bits per heavy atom. The van der Waals surface area contributed by atoms with Crippen molar-refractivity contribution in [2.45, 2.75) is 32.7 Å². The molecule has 2 rings (SSSR count). The summed E-state index contributed by atoms with van der Waals surface area (Å²) in [5.74, 6) is 0.838. The summed E-state index contributed by atoms with van der Waals surface area (Å²) in [6.45, 7) is 4.09. The standard InChI is InChI=1S/C16H22N2O/c1-3-4-5-11-17-12-14-10-9-13-7-6-8-15(19-2)16(13)18-14/h6-10,17H,3-5,11-12H2,1-2H3. The summed E-state index contributed by atoms with van der Waals surface area (Å²) < 4.78 is 5.36. The predicted molar refractivity (Wildman–Crippen MR) is 79.5 cm³/mol. The molecule has 1 N–H and O–H groups in total. The molecule has 1 heterocycles. The third-order valence-corrected chi connectivity index (χ3v) is 3.22. The van der Waals surface area contributed by atoms with Crippen LogP contribution in [0.4, 0.5) is 0 Å². The first-order valence-electron chi connectivity index (χ1n) is 6.98. The third-order valence-electron chi connectivity index (χ3n) is 3.22. The molecule has 2 aromatic rings. The lowest BCUT2D eigenvalue weighted by molar-refractivity contribution is 0.418. The molecule has 3 heteroatoms. The second-order valence-corrected chi connectivity index (χ2v) is 4.72. The van der Waals surface area contributed by atoms with E-state index in [2.05, 4.69) is 35.4 Å². The molecule has 0 bridgehead atoms. The van der Waals surface area contributed by atoms with E-state index < -0.39 is 0 Å². The topological polar surface area (TPSA) is 34.1 Å². The number of rotatable bonds is 7. The van der Waals surface area contributed by atoms with Gasteiger partial charge in [-0.2, -0.15) is 0 Å². The molecule has 0 fully saturated rings. The van der Waals surface area contributed by atoms with E-state index in [4.69, 9.17) is 4.74 Å². The van der Waals surface area contributed by atoms with Gasteiger partial charge in [-0.25, -0.2) is 4.98 Å². The van der Waals surface area contributed by atoms with Crippen molar-refractivity contribution in [2.75, 3.05) is 13.7 Å². The van der Waals surface area contributed by atoms with Gasteiger partial charge in [-0.1, -0.05) is 38.0 Å². The maximum Gasteiger partial charge on any atom is 0.145 e. The number of fused-ring (bicyclic) bond motifs is 1. The number of aromatic nitrogens is 1. The molecule has 0 aliphatic heterocycles. The van der Waals surface area contributed by atoms with E-state index in [0.29, 0.717) is 0 Å². The highest BCUT2D eigenvalue weighted by atomic mass is 16.5. The number of benzene rings is 1. The fourth-order valence-electron chi connectivity index (χ4n) is 2.14. The zero-order valence-electron chi connectivity index (χ0n) is 11.8. The van der Waals surface area contributed by atoms with Crippen LogP contribution in [0.15, 0.2) is 30.3 Å². The van der Waals surface area contributed by atoms with Gasteiger partial charge in [0.25, 0.3) is 0 Å². The zero-order chi connectivity index (χ0) is 13.5. The maximum absolute atomic E-state index is 5.36. The Hall–Kier alpha value is -1.61. The highest BCUT2D eigenvalue weighted by Crippen LogP contribution is 2.23. The number of unbranched alkanes of at least 4 members (excludes halogenated alkanes) is 2. The van der Waals surface area contributed by atoms with Crippen molar-refractivity contribution in [3.05, 3.63) is 36.0 Å². The van der Waals surface area contributed by atoms with Gasteiger partial charge in [0.1, 0.15) is 11.3 Å². The molecule has 0 spiro atoms. The van der Waals surface area contributed by atoms with Gasteiger partial charge in [-0.3, -0.25) is 0 Å². The summed E-state index contributed by atoms with van der Waals surface area (Å²) in [7, 11) is 1.69. The van der Waals surface area contributed by atoms with Gasteiger partial charge in [0.2, 0.25) is 0 Å². The van der Waals surface area contributed by atoms with Crippen LogP contribution in [0.5, 0.6) is 5.75 Å². The summed E-state index contributed by atoms with van der Waals surface area (Å²) in [6.07, 6.45) is 3.77. The molecule has 1 aromatic heterocycles. The Balaban J connectivity index is 2.04. The Morgan fingerprint density at radius 1 is 1.16 bits per heavy atom. The summed E-state index contributed by atoms with van der Waals surface area (Å²) in [5, 5.41) is 4.55. The maximum atomic E-state index is 5.36. The number of para-hydroxylation sites is 1. The van der Waals surface area contributed by atoms with Crippen LogP contribution < -0.4 is 10.1 Å². The van der Waals surface area contributed by atoms with Gasteiger partial charge in [0.15, 0.2) is 0 Å². The minimum absolute atomic E-state index is 0.817. The van der Waals surface area contributed by atoms with Gasteiger partial charge in [0, 0.05) is 11.9 Å². The first-order chi connectivity index (χ1) is 9.35. The van der Waals surface area contributed by atoms with Crippen molar-refractivity contribution < 1.29 is 4.74 Å². The number of nitrogens with one attached hydrogen (secondary N) is 1. The Labute approximate surface area is 115 Å². The molecular weight excluding hydrogens is 236 g/mol. The van der Waals surface area contributed by atoms with Gasteiger partial charge in [-0.15, -0.1) is 0 Å². The van der Waals surface area contributed by atoms with Crippen molar-refractivity contribution >= 4 is 10.9 Å². The van der Waals surface area contributed by atoms with Crippen molar-refractivity contribution in [2.24, 2.45) is 0 Å². The molecule has 3 nitrogen and oxygen atoms in total. The average Bonchev–Trinajstić information content (AvgIpc) is 2.46. The SMILES string of the molecule is CCCCCNCc1ccc2cccc(OC)c2n1. The average molecular weight is 258 g/mol. The molecule has 0 aliphatic rings. The fraction of sp³-hybridized carbons (Fsp3) is 0.438. The van der Waals surface area contributed by atoms with Gasteiger partial charge < -0.3 is 10.1 Å². The Morgan fingerprint density at radius 2 is 2.05 bits per heavy atom. The lowest BCUT2D eigenvalue weighted by Crippen LogP contribution is -2.15. The number of hydrogen-bond donors (Lipinski definition) is 1. The van der Waals surface area contributed by atoms with Crippen molar-refractivity contribution in [1.82, 2.24) is 10.3 Å². The van der Waals surface area contributed by atoms with Crippen LogP contribution >= 0.6 is 0 Å². The number of nitrogens with zero attached hydrogens (tertiary/aromatic N) is 1. The largest absolute Gasteiger partial charge is 0.494 e. The molecule has 0 atom stereocenters. The third kappa shape index (κ3) is 3.67. The monoisotopic (exact) mass is 258 g/mol. The lowest BCUT2D eigenvalue weighted by atomic mass is 10.2. The second-order valence-electron chi connectivity index (χ2n) is 4.72. The van der Waals surface area contributed by atoms with E-state index in [1.807, 2.05) is 12.1 Å². The van der Waals surface area contributed by atoms with Crippen LogP contribution in [-0.4, -0.2) is 18.6 Å². The summed E-state index contributed by atoms with van der Waals surface area (Å²) in [6, 6.07) is 10.2. The number of hydrogen-bond acceptors (Lipinski definition) is 3. The number of ether oxygens (including phenoxy) is 1. The second kappa shape index (κ2) is 7.10. The highest BCUT2D eigenvalue weighted by Gasteiger charge is 2.03. The fourth-order valence-corrected chi connectivity index (χ4v) is 2.14. The minimum Gasteiger partial charge on any atom is -0.494 e. The van der Waals surface area contributed by atoms with Crippen molar-refractivity contribution in [3.63, 3.8) is 0 Å². The van der Waals surface area contributed by atoms with Gasteiger partial charge in [-0.05, 0) is 25.1 Å². The molecule has 0 unspecified atom stereocenters. The highest BCUT2D eigenvalue weighted by molar-refractivity contribution is 5.84.